The molecule has 2 rings (SSSR count). The predicted octanol–water partition coefficient (Wildman–Crippen LogP) is 2.34. The van der Waals surface area contributed by atoms with Crippen LogP contribution in [0.3, 0.4) is 0 Å². The monoisotopic (exact) mass is 236 g/mol. The summed E-state index contributed by atoms with van der Waals surface area (Å²) in [5.74, 6) is 0.777. The second-order valence-corrected chi connectivity index (χ2v) is 6.36. The largest absolute Gasteiger partial charge is 0.380 e. The van der Waals surface area contributed by atoms with Crippen LogP contribution in [0.5, 0.6) is 0 Å². The lowest BCUT2D eigenvalue weighted by atomic mass is 9.79. The molecule has 96 valence electrons. The molecule has 2 unspecified atom stereocenters. The third-order valence-corrected chi connectivity index (χ3v) is 3.60. The molecule has 0 bridgehead atoms. The lowest BCUT2D eigenvalue weighted by molar-refractivity contribution is -0.124. The summed E-state index contributed by atoms with van der Waals surface area (Å²) in [4.78, 5) is 12.1. The third kappa shape index (κ3) is 3.24. The van der Waals surface area contributed by atoms with E-state index in [1.807, 2.05) is 20.8 Å². The van der Waals surface area contributed by atoms with Crippen LogP contribution < -0.4 is 10.6 Å². The minimum absolute atomic E-state index is 0.0407. The van der Waals surface area contributed by atoms with Crippen molar-refractivity contribution in [2.45, 2.75) is 64.5 Å². The van der Waals surface area contributed by atoms with Crippen molar-refractivity contribution in [1.82, 2.24) is 10.6 Å². The molecule has 0 saturated heterocycles. The van der Waals surface area contributed by atoms with Crippen LogP contribution in [0, 0.1) is 5.92 Å². The molecule has 3 heteroatoms. The molecule has 2 atom stereocenters. The smallest absolute Gasteiger partial charge is 0.242 e. The van der Waals surface area contributed by atoms with Gasteiger partial charge in [0.25, 0.3) is 0 Å². The van der Waals surface area contributed by atoms with Crippen molar-refractivity contribution >= 4 is 5.91 Å². The summed E-state index contributed by atoms with van der Waals surface area (Å²) >= 11 is 0. The van der Waals surface area contributed by atoms with E-state index in [2.05, 4.69) is 16.8 Å². The normalized spacial score (nSPS) is 28.8. The molecule has 3 nitrogen and oxygen atoms in total. The van der Waals surface area contributed by atoms with Gasteiger partial charge in [0.2, 0.25) is 5.91 Å². The van der Waals surface area contributed by atoms with E-state index in [0.29, 0.717) is 5.92 Å². The quantitative estimate of drug-likeness (QED) is 0.733. The number of hydrogen-bond acceptors (Lipinski definition) is 2. The molecular weight excluding hydrogens is 212 g/mol. The molecule has 1 amide bonds. The lowest BCUT2D eigenvalue weighted by Crippen LogP contribution is -2.51. The zero-order chi connectivity index (χ0) is 12.5. The molecule has 17 heavy (non-hydrogen) atoms. The summed E-state index contributed by atoms with van der Waals surface area (Å²) in [5.41, 5.74) is 1.38. The van der Waals surface area contributed by atoms with Crippen LogP contribution in [0.15, 0.2) is 11.8 Å². The number of rotatable bonds is 1. The molecule has 1 fully saturated rings. The molecule has 0 radical (unpaired) electrons. The summed E-state index contributed by atoms with van der Waals surface area (Å²) in [7, 11) is 0. The molecule has 0 aromatic carbocycles. The first kappa shape index (κ1) is 12.5. The van der Waals surface area contributed by atoms with E-state index in [1.165, 1.54) is 31.3 Å². The van der Waals surface area contributed by atoms with Crippen molar-refractivity contribution in [2.75, 3.05) is 0 Å². The molecule has 2 aliphatic rings. The molecule has 0 aromatic heterocycles. The van der Waals surface area contributed by atoms with Gasteiger partial charge >= 0.3 is 0 Å². The summed E-state index contributed by atoms with van der Waals surface area (Å²) in [6, 6.07) is -0.0407. The molecule has 1 saturated carbocycles. The van der Waals surface area contributed by atoms with Crippen molar-refractivity contribution < 1.29 is 4.79 Å². The number of nitrogens with one attached hydrogen (secondary N) is 2. The minimum atomic E-state index is -0.144. The van der Waals surface area contributed by atoms with Gasteiger partial charge in [0, 0.05) is 5.54 Å². The van der Waals surface area contributed by atoms with E-state index >= 15 is 0 Å². The average Bonchev–Trinajstić information content (AvgIpc) is 2.26. The summed E-state index contributed by atoms with van der Waals surface area (Å²) in [6.07, 6.45) is 8.16. The molecule has 1 heterocycles. The fourth-order valence-corrected chi connectivity index (χ4v) is 2.77. The van der Waals surface area contributed by atoms with E-state index < -0.39 is 0 Å². The fourth-order valence-electron chi connectivity index (χ4n) is 2.77. The van der Waals surface area contributed by atoms with Gasteiger partial charge in [-0.1, -0.05) is 12.0 Å². The van der Waals surface area contributed by atoms with Crippen molar-refractivity contribution in [3.05, 3.63) is 11.8 Å². The molecule has 1 aliphatic carbocycles. The molecule has 1 aliphatic heterocycles. The van der Waals surface area contributed by atoms with Crippen LogP contribution in [0.2, 0.25) is 0 Å². The Morgan fingerprint density at radius 2 is 2.18 bits per heavy atom. The highest BCUT2D eigenvalue weighted by atomic mass is 16.2. The van der Waals surface area contributed by atoms with Gasteiger partial charge in [-0.05, 0) is 58.6 Å². The van der Waals surface area contributed by atoms with Gasteiger partial charge in [0.1, 0.15) is 6.04 Å². The van der Waals surface area contributed by atoms with E-state index in [-0.39, 0.29) is 17.5 Å². The van der Waals surface area contributed by atoms with Crippen molar-refractivity contribution in [3.63, 3.8) is 0 Å². The Hall–Kier alpha value is -0.990. The topological polar surface area (TPSA) is 41.1 Å². The highest BCUT2D eigenvalue weighted by molar-refractivity contribution is 5.82. The zero-order valence-corrected chi connectivity index (χ0v) is 11.2. The van der Waals surface area contributed by atoms with Gasteiger partial charge < -0.3 is 10.6 Å². The molecule has 2 N–H and O–H groups in total. The first-order valence-electron chi connectivity index (χ1n) is 6.73. The Bertz CT molecular complexity index is 328. The van der Waals surface area contributed by atoms with Gasteiger partial charge in [-0.2, -0.15) is 0 Å². The average molecular weight is 236 g/mol. The third-order valence-electron chi connectivity index (χ3n) is 3.60. The Morgan fingerprint density at radius 1 is 1.41 bits per heavy atom. The van der Waals surface area contributed by atoms with Crippen LogP contribution in [0.1, 0.15) is 52.9 Å². The van der Waals surface area contributed by atoms with Gasteiger partial charge in [-0.15, -0.1) is 0 Å². The first-order valence-corrected chi connectivity index (χ1v) is 6.73. The zero-order valence-electron chi connectivity index (χ0n) is 11.2. The Balaban J connectivity index is 1.96. The van der Waals surface area contributed by atoms with Crippen LogP contribution in [0.25, 0.3) is 0 Å². The highest BCUT2D eigenvalue weighted by Gasteiger charge is 2.31. The number of hydrogen-bond donors (Lipinski definition) is 2. The maximum absolute atomic E-state index is 12.1. The second kappa shape index (κ2) is 4.71. The molecular formula is C14H24N2O. The van der Waals surface area contributed by atoms with E-state index in [9.17, 15) is 4.79 Å². The summed E-state index contributed by atoms with van der Waals surface area (Å²) in [6.45, 7) is 6.07. The second-order valence-electron chi connectivity index (χ2n) is 6.36. The van der Waals surface area contributed by atoms with Gasteiger partial charge in [-0.25, -0.2) is 0 Å². The number of amides is 1. The SMILES string of the molecule is CC(C)(C)NC(=O)C1CC2CCCCC2=CN1. The van der Waals surface area contributed by atoms with Crippen molar-refractivity contribution in [2.24, 2.45) is 5.92 Å². The van der Waals surface area contributed by atoms with Crippen molar-refractivity contribution in [1.29, 1.82) is 0 Å². The standard InChI is InChI=1S/C14H24N2O/c1-14(2,3)16-13(17)12-8-10-6-4-5-7-11(10)9-15-12/h9-10,12,15H,4-8H2,1-3H3,(H,16,17). The number of fused-ring (bicyclic) bond motifs is 1. The van der Waals surface area contributed by atoms with Gasteiger partial charge in [0.05, 0.1) is 0 Å². The van der Waals surface area contributed by atoms with Crippen LogP contribution in [-0.4, -0.2) is 17.5 Å². The fraction of sp³-hybridized carbons (Fsp3) is 0.786. The number of allylic oxidation sites excluding steroid dienone is 1. The van der Waals surface area contributed by atoms with Crippen molar-refractivity contribution in [3.8, 4) is 0 Å². The summed E-state index contributed by atoms with van der Waals surface area (Å²) < 4.78 is 0. The Morgan fingerprint density at radius 3 is 2.88 bits per heavy atom. The van der Waals surface area contributed by atoms with Gasteiger partial charge in [0.15, 0.2) is 0 Å². The molecule has 0 aromatic rings. The van der Waals surface area contributed by atoms with E-state index in [1.54, 1.807) is 0 Å². The lowest BCUT2D eigenvalue weighted by Gasteiger charge is -2.34. The number of carbonyl (C=O) groups is 1. The first-order chi connectivity index (χ1) is 7.96. The Kier molecular flexibility index (Phi) is 3.45. The maximum atomic E-state index is 12.1. The number of carbonyl (C=O) groups excluding carboxylic acids is 1. The van der Waals surface area contributed by atoms with Crippen LogP contribution in [0.4, 0.5) is 0 Å². The van der Waals surface area contributed by atoms with Crippen LogP contribution >= 0.6 is 0 Å². The maximum Gasteiger partial charge on any atom is 0.242 e. The molecule has 0 spiro atoms. The minimum Gasteiger partial charge on any atom is -0.380 e. The predicted molar refractivity (Wildman–Crippen MR) is 69.5 cm³/mol. The van der Waals surface area contributed by atoms with Crippen LogP contribution in [-0.2, 0) is 4.79 Å². The Labute approximate surface area is 104 Å². The summed E-state index contributed by atoms with van der Waals surface area (Å²) in [5, 5.41) is 6.32. The highest BCUT2D eigenvalue weighted by Crippen LogP contribution is 2.34. The van der Waals surface area contributed by atoms with Gasteiger partial charge in [-0.3, -0.25) is 4.79 Å². The van der Waals surface area contributed by atoms with E-state index in [4.69, 9.17) is 0 Å². The van der Waals surface area contributed by atoms with E-state index in [0.717, 1.165) is 6.42 Å².